The smallest absolute Gasteiger partial charge is 0.243 e. The van der Waals surface area contributed by atoms with Crippen molar-refractivity contribution in [3.05, 3.63) is 0 Å². The van der Waals surface area contributed by atoms with Crippen molar-refractivity contribution in [3.63, 3.8) is 0 Å². The van der Waals surface area contributed by atoms with E-state index in [1.807, 2.05) is 4.90 Å². The number of amides is 1. The molecule has 2 aliphatic carbocycles. The summed E-state index contributed by atoms with van der Waals surface area (Å²) < 4.78 is 0. The Balaban J connectivity index is 2.05. The van der Waals surface area contributed by atoms with Crippen molar-refractivity contribution in [2.24, 2.45) is 11.3 Å². The standard InChI is InChI=1S/C14H22N2O2/c1-11-8-14(9-11,10-15)13(18)16(6-3-7-17)12-4-2-5-12/h11-12,17H,2-9H2,1H3. The third-order valence-corrected chi connectivity index (χ3v) is 4.35. The lowest BCUT2D eigenvalue weighted by atomic mass is 9.62. The summed E-state index contributed by atoms with van der Waals surface area (Å²) in [6, 6.07) is 2.56. The van der Waals surface area contributed by atoms with E-state index >= 15 is 0 Å². The van der Waals surface area contributed by atoms with Gasteiger partial charge in [-0.3, -0.25) is 4.79 Å². The molecule has 1 amide bonds. The van der Waals surface area contributed by atoms with Crippen LogP contribution in [-0.4, -0.2) is 35.1 Å². The first-order chi connectivity index (χ1) is 8.63. The van der Waals surface area contributed by atoms with Gasteiger partial charge in [-0.1, -0.05) is 6.92 Å². The minimum Gasteiger partial charge on any atom is -0.396 e. The summed E-state index contributed by atoms with van der Waals surface area (Å²) in [7, 11) is 0. The highest BCUT2D eigenvalue weighted by molar-refractivity contribution is 5.87. The van der Waals surface area contributed by atoms with Crippen LogP contribution >= 0.6 is 0 Å². The molecular formula is C14H22N2O2. The third kappa shape index (κ3) is 2.24. The SMILES string of the molecule is CC1CC(C#N)(C(=O)N(CCCO)C2CCC2)C1. The van der Waals surface area contributed by atoms with Crippen LogP contribution < -0.4 is 0 Å². The molecule has 2 aliphatic rings. The molecule has 0 bridgehead atoms. The Labute approximate surface area is 109 Å². The predicted molar refractivity (Wildman–Crippen MR) is 67.5 cm³/mol. The second-order valence-corrected chi connectivity index (χ2v) is 5.87. The van der Waals surface area contributed by atoms with Crippen LogP contribution in [0.25, 0.3) is 0 Å². The van der Waals surface area contributed by atoms with Crippen LogP contribution in [0, 0.1) is 22.7 Å². The Kier molecular flexibility index (Phi) is 3.91. The van der Waals surface area contributed by atoms with Crippen molar-refractivity contribution >= 4 is 5.91 Å². The van der Waals surface area contributed by atoms with Crippen LogP contribution in [0.15, 0.2) is 0 Å². The van der Waals surface area contributed by atoms with Gasteiger partial charge in [-0.15, -0.1) is 0 Å². The normalized spacial score (nSPS) is 31.1. The Morgan fingerprint density at radius 3 is 2.56 bits per heavy atom. The van der Waals surface area contributed by atoms with Crippen LogP contribution in [0.1, 0.15) is 45.4 Å². The van der Waals surface area contributed by atoms with Crippen LogP contribution in [0.2, 0.25) is 0 Å². The minimum atomic E-state index is -0.759. The molecule has 2 saturated carbocycles. The van der Waals surface area contributed by atoms with Gasteiger partial charge in [0.2, 0.25) is 5.91 Å². The first-order valence-corrected chi connectivity index (χ1v) is 6.96. The fraction of sp³-hybridized carbons (Fsp3) is 0.857. The lowest BCUT2D eigenvalue weighted by Crippen LogP contribution is -2.55. The summed E-state index contributed by atoms with van der Waals surface area (Å²) in [6.45, 7) is 2.79. The lowest BCUT2D eigenvalue weighted by Gasteiger charge is -2.46. The molecule has 1 N–H and O–H groups in total. The van der Waals surface area contributed by atoms with Crippen molar-refractivity contribution < 1.29 is 9.90 Å². The van der Waals surface area contributed by atoms with Gasteiger partial charge in [0.25, 0.3) is 0 Å². The van der Waals surface area contributed by atoms with Gasteiger partial charge in [-0.25, -0.2) is 0 Å². The molecule has 0 atom stereocenters. The molecule has 100 valence electrons. The van der Waals surface area contributed by atoms with Gasteiger partial charge in [-0.05, 0) is 44.4 Å². The molecular weight excluding hydrogens is 228 g/mol. The maximum Gasteiger partial charge on any atom is 0.243 e. The first kappa shape index (κ1) is 13.4. The predicted octanol–water partition coefficient (Wildman–Crippen LogP) is 1.69. The molecule has 0 saturated heterocycles. The van der Waals surface area contributed by atoms with E-state index in [2.05, 4.69) is 13.0 Å². The summed E-state index contributed by atoms with van der Waals surface area (Å²) in [5.41, 5.74) is -0.759. The first-order valence-electron chi connectivity index (χ1n) is 6.96. The Hall–Kier alpha value is -1.08. The van der Waals surface area contributed by atoms with Crippen molar-refractivity contribution in [1.29, 1.82) is 5.26 Å². The molecule has 4 heteroatoms. The van der Waals surface area contributed by atoms with Gasteiger partial charge >= 0.3 is 0 Å². The lowest BCUT2D eigenvalue weighted by molar-refractivity contribution is -0.149. The Morgan fingerprint density at radius 1 is 1.50 bits per heavy atom. The average molecular weight is 250 g/mol. The van der Waals surface area contributed by atoms with Crippen LogP contribution in [0.4, 0.5) is 0 Å². The highest BCUT2D eigenvalue weighted by atomic mass is 16.3. The number of aliphatic hydroxyl groups excluding tert-OH is 1. The molecule has 0 aromatic heterocycles. The van der Waals surface area contributed by atoms with Crippen molar-refractivity contribution in [2.75, 3.05) is 13.2 Å². The van der Waals surface area contributed by atoms with Gasteiger partial charge < -0.3 is 10.0 Å². The van der Waals surface area contributed by atoms with Gasteiger partial charge in [0.1, 0.15) is 5.41 Å². The summed E-state index contributed by atoms with van der Waals surface area (Å²) in [5.74, 6) is 0.496. The summed E-state index contributed by atoms with van der Waals surface area (Å²) >= 11 is 0. The van der Waals surface area contributed by atoms with E-state index in [4.69, 9.17) is 5.11 Å². The number of hydrogen-bond donors (Lipinski definition) is 1. The van der Waals surface area contributed by atoms with E-state index in [0.717, 1.165) is 12.8 Å². The van der Waals surface area contributed by atoms with Crippen LogP contribution in [0.3, 0.4) is 0 Å². The zero-order valence-electron chi connectivity index (χ0n) is 11.1. The number of carbonyl (C=O) groups excluding carboxylic acids is 1. The van der Waals surface area contributed by atoms with Crippen LogP contribution in [-0.2, 0) is 4.79 Å². The Bertz CT molecular complexity index is 351. The van der Waals surface area contributed by atoms with Gasteiger partial charge in [-0.2, -0.15) is 5.26 Å². The molecule has 0 spiro atoms. The molecule has 0 aromatic rings. The topological polar surface area (TPSA) is 64.3 Å². The Morgan fingerprint density at radius 2 is 2.17 bits per heavy atom. The number of rotatable bonds is 5. The number of carbonyl (C=O) groups is 1. The monoisotopic (exact) mass is 250 g/mol. The van der Waals surface area contributed by atoms with Gasteiger partial charge in [0.15, 0.2) is 0 Å². The molecule has 0 heterocycles. The molecule has 0 unspecified atom stereocenters. The summed E-state index contributed by atoms with van der Waals surface area (Å²) in [6.07, 6.45) is 5.28. The second-order valence-electron chi connectivity index (χ2n) is 5.87. The van der Waals surface area contributed by atoms with Crippen LogP contribution in [0.5, 0.6) is 0 Å². The van der Waals surface area contributed by atoms with E-state index < -0.39 is 5.41 Å². The minimum absolute atomic E-state index is 0.0150. The largest absolute Gasteiger partial charge is 0.396 e. The number of hydrogen-bond acceptors (Lipinski definition) is 3. The molecule has 18 heavy (non-hydrogen) atoms. The summed E-state index contributed by atoms with van der Waals surface area (Å²) in [5, 5.41) is 18.3. The maximum atomic E-state index is 12.6. The fourth-order valence-electron chi connectivity index (χ4n) is 3.11. The van der Waals surface area contributed by atoms with E-state index in [-0.39, 0.29) is 12.5 Å². The highest BCUT2D eigenvalue weighted by Gasteiger charge is 2.51. The summed E-state index contributed by atoms with van der Waals surface area (Å²) in [4.78, 5) is 14.5. The quantitative estimate of drug-likeness (QED) is 0.807. The van der Waals surface area contributed by atoms with E-state index in [1.54, 1.807) is 0 Å². The maximum absolute atomic E-state index is 12.6. The van der Waals surface area contributed by atoms with E-state index in [0.29, 0.717) is 37.8 Å². The van der Waals surface area contributed by atoms with Crippen molar-refractivity contribution in [1.82, 2.24) is 4.90 Å². The number of nitrogens with zero attached hydrogens (tertiary/aromatic N) is 2. The highest BCUT2D eigenvalue weighted by Crippen LogP contribution is 2.47. The second kappa shape index (κ2) is 5.27. The van der Waals surface area contributed by atoms with Crippen molar-refractivity contribution in [3.8, 4) is 6.07 Å². The molecule has 2 fully saturated rings. The third-order valence-electron chi connectivity index (χ3n) is 4.35. The number of nitriles is 1. The van der Waals surface area contributed by atoms with Gasteiger partial charge in [0.05, 0.1) is 6.07 Å². The number of aliphatic hydroxyl groups is 1. The molecule has 4 nitrogen and oxygen atoms in total. The molecule has 0 aliphatic heterocycles. The zero-order valence-corrected chi connectivity index (χ0v) is 11.1. The molecule has 2 rings (SSSR count). The van der Waals surface area contributed by atoms with E-state index in [1.165, 1.54) is 6.42 Å². The molecule has 0 radical (unpaired) electrons. The fourth-order valence-corrected chi connectivity index (χ4v) is 3.11. The van der Waals surface area contributed by atoms with Gasteiger partial charge in [0, 0.05) is 19.2 Å². The zero-order chi connectivity index (χ0) is 13.2. The van der Waals surface area contributed by atoms with Crippen molar-refractivity contribution in [2.45, 2.75) is 51.5 Å². The van der Waals surface area contributed by atoms with E-state index in [9.17, 15) is 10.1 Å². The molecule has 0 aromatic carbocycles. The average Bonchev–Trinajstić information content (AvgIpc) is 2.26.